The molecule has 2 aliphatic rings. The van der Waals surface area contributed by atoms with Gasteiger partial charge in [0.05, 0.1) is 13.2 Å². The molecule has 0 aliphatic carbocycles. The van der Waals surface area contributed by atoms with E-state index in [2.05, 4.69) is 5.32 Å². The van der Waals surface area contributed by atoms with Gasteiger partial charge in [-0.25, -0.2) is 0 Å². The van der Waals surface area contributed by atoms with Crippen LogP contribution in [0.4, 0.5) is 0 Å². The van der Waals surface area contributed by atoms with Gasteiger partial charge in [0.2, 0.25) is 5.91 Å². The Balaban J connectivity index is 1.52. The summed E-state index contributed by atoms with van der Waals surface area (Å²) in [6.45, 7) is 3.36. The molecule has 0 saturated carbocycles. The van der Waals surface area contributed by atoms with Crippen LogP contribution in [-0.2, 0) is 16.1 Å². The Hall–Kier alpha value is -1.75. The highest BCUT2D eigenvalue weighted by Crippen LogP contribution is 2.30. The molecule has 0 spiro atoms. The van der Waals surface area contributed by atoms with Crippen molar-refractivity contribution in [2.24, 2.45) is 5.92 Å². The molecule has 3 rings (SSSR count). The Morgan fingerprint density at radius 2 is 2.05 bits per heavy atom. The SMILES string of the molecule is O=C(CC1CCOC1)NCc1ccc2c(c1)OCCCO2. The van der Waals surface area contributed by atoms with Gasteiger partial charge in [0.15, 0.2) is 11.5 Å². The van der Waals surface area contributed by atoms with E-state index >= 15 is 0 Å². The van der Waals surface area contributed by atoms with Crippen molar-refractivity contribution in [3.63, 3.8) is 0 Å². The average Bonchev–Trinajstić information content (AvgIpc) is 2.88. The molecule has 1 atom stereocenters. The van der Waals surface area contributed by atoms with Crippen molar-refractivity contribution < 1.29 is 19.0 Å². The first kappa shape index (κ1) is 14.2. The maximum absolute atomic E-state index is 11.9. The molecule has 2 heterocycles. The van der Waals surface area contributed by atoms with E-state index in [0.29, 0.717) is 38.7 Å². The molecule has 1 saturated heterocycles. The normalized spacial score (nSPS) is 20.9. The number of hydrogen-bond donors (Lipinski definition) is 1. The van der Waals surface area contributed by atoms with Gasteiger partial charge in [-0.05, 0) is 30.0 Å². The number of hydrogen-bond acceptors (Lipinski definition) is 4. The van der Waals surface area contributed by atoms with Gasteiger partial charge in [-0.15, -0.1) is 0 Å². The van der Waals surface area contributed by atoms with Crippen LogP contribution in [0.5, 0.6) is 11.5 Å². The predicted molar refractivity (Wildman–Crippen MR) is 77.4 cm³/mol. The number of nitrogens with one attached hydrogen (secondary N) is 1. The lowest BCUT2D eigenvalue weighted by molar-refractivity contribution is -0.122. The molecule has 5 nitrogen and oxygen atoms in total. The lowest BCUT2D eigenvalue weighted by atomic mass is 10.0. The van der Waals surface area contributed by atoms with E-state index in [1.807, 2.05) is 18.2 Å². The summed E-state index contributed by atoms with van der Waals surface area (Å²) < 4.78 is 16.5. The smallest absolute Gasteiger partial charge is 0.220 e. The average molecular weight is 291 g/mol. The van der Waals surface area contributed by atoms with Crippen molar-refractivity contribution in [1.82, 2.24) is 5.32 Å². The van der Waals surface area contributed by atoms with Crippen molar-refractivity contribution in [3.05, 3.63) is 23.8 Å². The van der Waals surface area contributed by atoms with Gasteiger partial charge in [0, 0.05) is 32.6 Å². The third-order valence-electron chi connectivity index (χ3n) is 3.80. The van der Waals surface area contributed by atoms with Gasteiger partial charge in [-0.1, -0.05) is 6.07 Å². The van der Waals surface area contributed by atoms with Crippen LogP contribution in [0.15, 0.2) is 18.2 Å². The van der Waals surface area contributed by atoms with Gasteiger partial charge in [-0.2, -0.15) is 0 Å². The Bertz CT molecular complexity index is 497. The number of fused-ring (bicyclic) bond motifs is 1. The minimum atomic E-state index is 0.0811. The zero-order valence-corrected chi connectivity index (χ0v) is 12.1. The predicted octanol–water partition coefficient (Wildman–Crippen LogP) is 1.89. The molecule has 5 heteroatoms. The highest BCUT2D eigenvalue weighted by molar-refractivity contribution is 5.76. The zero-order chi connectivity index (χ0) is 14.5. The van der Waals surface area contributed by atoms with Gasteiger partial charge >= 0.3 is 0 Å². The Morgan fingerprint density at radius 1 is 1.19 bits per heavy atom. The fourth-order valence-electron chi connectivity index (χ4n) is 2.60. The molecule has 114 valence electrons. The second-order valence-corrected chi connectivity index (χ2v) is 5.54. The monoisotopic (exact) mass is 291 g/mol. The number of carbonyl (C=O) groups excluding carboxylic acids is 1. The second kappa shape index (κ2) is 6.80. The van der Waals surface area contributed by atoms with Gasteiger partial charge in [-0.3, -0.25) is 4.79 Å². The first-order valence-electron chi connectivity index (χ1n) is 7.54. The minimum Gasteiger partial charge on any atom is -0.490 e. The summed E-state index contributed by atoms with van der Waals surface area (Å²) in [6, 6.07) is 5.82. The summed E-state index contributed by atoms with van der Waals surface area (Å²) in [4.78, 5) is 11.9. The van der Waals surface area contributed by atoms with Crippen LogP contribution in [0.3, 0.4) is 0 Å². The summed E-state index contributed by atoms with van der Waals surface area (Å²) in [5.74, 6) is 2.00. The molecule has 0 radical (unpaired) electrons. The van der Waals surface area contributed by atoms with E-state index in [1.54, 1.807) is 0 Å². The molecular formula is C16H21NO4. The number of benzene rings is 1. The third-order valence-corrected chi connectivity index (χ3v) is 3.80. The Morgan fingerprint density at radius 3 is 2.86 bits per heavy atom. The highest BCUT2D eigenvalue weighted by atomic mass is 16.5. The number of carbonyl (C=O) groups is 1. The molecule has 1 amide bonds. The zero-order valence-electron chi connectivity index (χ0n) is 12.1. The number of ether oxygens (including phenoxy) is 3. The summed E-state index contributed by atoms with van der Waals surface area (Å²) in [5, 5.41) is 2.96. The topological polar surface area (TPSA) is 56.8 Å². The molecule has 1 unspecified atom stereocenters. The van der Waals surface area contributed by atoms with E-state index in [1.165, 1.54) is 0 Å². The number of rotatable bonds is 4. The Kier molecular flexibility index (Phi) is 4.60. The molecule has 1 aromatic rings. The van der Waals surface area contributed by atoms with E-state index in [-0.39, 0.29) is 5.91 Å². The fraction of sp³-hybridized carbons (Fsp3) is 0.562. The maximum Gasteiger partial charge on any atom is 0.220 e. The van der Waals surface area contributed by atoms with Crippen molar-refractivity contribution in [2.45, 2.75) is 25.8 Å². The lowest BCUT2D eigenvalue weighted by Crippen LogP contribution is -2.25. The summed E-state index contributed by atoms with van der Waals surface area (Å²) in [5.41, 5.74) is 1.02. The van der Waals surface area contributed by atoms with Crippen LogP contribution < -0.4 is 14.8 Å². The van der Waals surface area contributed by atoms with E-state index in [0.717, 1.165) is 36.5 Å². The largest absolute Gasteiger partial charge is 0.490 e. The summed E-state index contributed by atoms with van der Waals surface area (Å²) in [7, 11) is 0. The van der Waals surface area contributed by atoms with E-state index < -0.39 is 0 Å². The maximum atomic E-state index is 11.9. The van der Waals surface area contributed by atoms with Crippen LogP contribution in [-0.4, -0.2) is 32.3 Å². The molecule has 0 bridgehead atoms. The van der Waals surface area contributed by atoms with Crippen LogP contribution in [0, 0.1) is 5.92 Å². The summed E-state index contributed by atoms with van der Waals surface area (Å²) >= 11 is 0. The molecular weight excluding hydrogens is 270 g/mol. The molecule has 1 N–H and O–H groups in total. The van der Waals surface area contributed by atoms with Gasteiger partial charge in [0.25, 0.3) is 0 Å². The molecule has 1 fully saturated rings. The molecule has 21 heavy (non-hydrogen) atoms. The van der Waals surface area contributed by atoms with Crippen LogP contribution >= 0.6 is 0 Å². The summed E-state index contributed by atoms with van der Waals surface area (Å²) in [6.07, 6.45) is 2.42. The first-order valence-corrected chi connectivity index (χ1v) is 7.54. The third kappa shape index (κ3) is 3.88. The standard InChI is InChI=1S/C16H21NO4/c18-16(9-13-4-7-19-11-13)17-10-12-2-3-14-15(8-12)21-6-1-5-20-14/h2-3,8,13H,1,4-7,9-11H2,(H,17,18). The van der Waals surface area contributed by atoms with Gasteiger partial charge < -0.3 is 19.5 Å². The van der Waals surface area contributed by atoms with Crippen LogP contribution in [0.1, 0.15) is 24.8 Å². The van der Waals surface area contributed by atoms with Crippen LogP contribution in [0.2, 0.25) is 0 Å². The van der Waals surface area contributed by atoms with Crippen molar-refractivity contribution in [2.75, 3.05) is 26.4 Å². The molecule has 1 aromatic carbocycles. The van der Waals surface area contributed by atoms with Crippen molar-refractivity contribution in [3.8, 4) is 11.5 Å². The van der Waals surface area contributed by atoms with Crippen molar-refractivity contribution >= 4 is 5.91 Å². The molecule has 2 aliphatic heterocycles. The van der Waals surface area contributed by atoms with E-state index in [4.69, 9.17) is 14.2 Å². The highest BCUT2D eigenvalue weighted by Gasteiger charge is 2.19. The first-order chi connectivity index (χ1) is 10.3. The quantitative estimate of drug-likeness (QED) is 0.920. The van der Waals surface area contributed by atoms with E-state index in [9.17, 15) is 4.79 Å². The minimum absolute atomic E-state index is 0.0811. The molecule has 0 aromatic heterocycles. The lowest BCUT2D eigenvalue weighted by Gasteiger charge is -2.11. The second-order valence-electron chi connectivity index (χ2n) is 5.54. The van der Waals surface area contributed by atoms with Crippen molar-refractivity contribution in [1.29, 1.82) is 0 Å². The van der Waals surface area contributed by atoms with Gasteiger partial charge in [0.1, 0.15) is 0 Å². The fourth-order valence-corrected chi connectivity index (χ4v) is 2.60. The Labute approximate surface area is 124 Å². The van der Waals surface area contributed by atoms with Crippen LogP contribution in [0.25, 0.3) is 0 Å². The number of amides is 1.